The van der Waals surface area contributed by atoms with Gasteiger partial charge < -0.3 is 8.92 Å². The molecule has 35 heavy (non-hydrogen) atoms. The van der Waals surface area contributed by atoms with Crippen LogP contribution < -0.4 is 8.92 Å². The average molecular weight is 509 g/mol. The first-order chi connectivity index (χ1) is 16.5. The van der Waals surface area contributed by atoms with Crippen molar-refractivity contribution < 1.29 is 39.3 Å². The molecule has 1 heterocycles. The Balaban J connectivity index is 1.81. The number of rotatable bonds is 5. The largest absolute Gasteiger partial charge is 0.496 e. The lowest BCUT2D eigenvalue weighted by atomic mass is 9.98. The molecule has 0 radical (unpaired) electrons. The van der Waals surface area contributed by atoms with Crippen molar-refractivity contribution in [3.8, 4) is 22.8 Å². The number of halogens is 5. The van der Waals surface area contributed by atoms with Crippen LogP contribution in [0.3, 0.4) is 0 Å². The molecule has 0 saturated heterocycles. The number of methoxy groups -OCH3 is 1. The minimum atomic E-state index is -4.97. The number of nitrogens with zero attached hydrogens (tertiary/aromatic N) is 1. The van der Waals surface area contributed by atoms with Gasteiger partial charge in [-0.3, -0.25) is 4.98 Å². The molecule has 0 N–H and O–H groups in total. The van der Waals surface area contributed by atoms with Crippen molar-refractivity contribution in [2.24, 2.45) is 0 Å². The quantitative estimate of drug-likeness (QED) is 0.143. The Morgan fingerprint density at radius 3 is 2.06 bits per heavy atom. The first-order valence-corrected chi connectivity index (χ1v) is 11.4. The summed E-state index contributed by atoms with van der Waals surface area (Å²) in [5, 5.41) is 0.910. The molecular formula is C24H16F5NO4S. The molecule has 5 nitrogen and oxygen atoms in total. The van der Waals surface area contributed by atoms with Crippen molar-refractivity contribution in [1.82, 2.24) is 4.98 Å². The summed E-state index contributed by atoms with van der Waals surface area (Å²) in [7, 11) is -3.45. The molecule has 1 aromatic heterocycles. The van der Waals surface area contributed by atoms with Crippen LogP contribution in [0.25, 0.3) is 22.0 Å². The Kier molecular flexibility index (Phi) is 6.14. The molecule has 0 fully saturated rings. The van der Waals surface area contributed by atoms with Gasteiger partial charge in [0, 0.05) is 17.1 Å². The van der Waals surface area contributed by atoms with Gasteiger partial charge in [0.05, 0.1) is 12.8 Å². The number of benzene rings is 3. The van der Waals surface area contributed by atoms with Gasteiger partial charge >= 0.3 is 10.1 Å². The van der Waals surface area contributed by atoms with Crippen LogP contribution in [0.4, 0.5) is 22.0 Å². The van der Waals surface area contributed by atoms with Gasteiger partial charge in [0.15, 0.2) is 0 Å². The van der Waals surface area contributed by atoms with Gasteiger partial charge in [-0.2, -0.15) is 17.2 Å². The van der Waals surface area contributed by atoms with Crippen LogP contribution in [0.2, 0.25) is 0 Å². The Labute approximate surface area is 196 Å². The Morgan fingerprint density at radius 1 is 0.800 bits per heavy atom. The summed E-state index contributed by atoms with van der Waals surface area (Å²) in [6.07, 6.45) is 1.44. The summed E-state index contributed by atoms with van der Waals surface area (Å²) in [4.78, 5) is 3.83. The highest BCUT2D eigenvalue weighted by Gasteiger charge is 2.31. The van der Waals surface area contributed by atoms with Crippen molar-refractivity contribution in [2.75, 3.05) is 7.11 Å². The minimum absolute atomic E-state index is 0.371. The molecule has 11 heteroatoms. The summed E-state index contributed by atoms with van der Waals surface area (Å²) in [6.45, 7) is 3.76. The summed E-state index contributed by atoms with van der Waals surface area (Å²) in [6, 6.07) is 8.82. The SMILES string of the molecule is COc1cc(-c2nccc3cc(S(=O)(=O)Oc4c(F)c(F)c(F)c(F)c4F)ccc23)c(C)cc1C. The van der Waals surface area contributed by atoms with E-state index in [1.165, 1.54) is 25.4 Å². The maximum Gasteiger partial charge on any atom is 0.339 e. The molecule has 0 unspecified atom stereocenters. The smallest absolute Gasteiger partial charge is 0.339 e. The van der Waals surface area contributed by atoms with Crippen LogP contribution in [0.5, 0.6) is 11.5 Å². The molecule has 4 aromatic rings. The van der Waals surface area contributed by atoms with E-state index in [9.17, 15) is 30.4 Å². The molecular weight excluding hydrogens is 493 g/mol. The monoisotopic (exact) mass is 509 g/mol. The molecule has 0 aliphatic carbocycles. The normalized spacial score (nSPS) is 11.7. The minimum Gasteiger partial charge on any atom is -0.496 e. The Bertz CT molecular complexity index is 1580. The van der Waals surface area contributed by atoms with Crippen molar-refractivity contribution >= 4 is 20.9 Å². The summed E-state index contributed by atoms with van der Waals surface area (Å²) >= 11 is 0. The summed E-state index contributed by atoms with van der Waals surface area (Å²) in [5.74, 6) is -13.2. The molecule has 0 bridgehead atoms. The number of ether oxygens (including phenoxy) is 1. The van der Waals surface area contributed by atoms with Crippen molar-refractivity contribution in [3.63, 3.8) is 0 Å². The van der Waals surface area contributed by atoms with Crippen LogP contribution in [0.15, 0.2) is 47.5 Å². The number of pyridine rings is 1. The summed E-state index contributed by atoms with van der Waals surface area (Å²) in [5.41, 5.74) is 3.04. The predicted octanol–water partition coefficient (Wildman–Crippen LogP) is 5.99. The highest BCUT2D eigenvalue weighted by atomic mass is 32.2. The molecule has 0 aliphatic heterocycles. The first-order valence-electron chi connectivity index (χ1n) is 9.96. The molecule has 182 valence electrons. The van der Waals surface area contributed by atoms with Crippen molar-refractivity contribution in [2.45, 2.75) is 18.7 Å². The molecule has 0 atom stereocenters. The second-order valence-electron chi connectivity index (χ2n) is 7.62. The number of fused-ring (bicyclic) bond motifs is 1. The second-order valence-corrected chi connectivity index (χ2v) is 9.16. The molecule has 0 amide bonds. The lowest BCUT2D eigenvalue weighted by molar-refractivity contribution is 0.346. The molecule has 0 saturated carbocycles. The molecule has 4 rings (SSSR count). The van der Waals surface area contributed by atoms with Crippen LogP contribution in [-0.2, 0) is 10.1 Å². The van der Waals surface area contributed by atoms with E-state index >= 15 is 0 Å². The highest BCUT2D eigenvalue weighted by molar-refractivity contribution is 7.87. The fourth-order valence-electron chi connectivity index (χ4n) is 3.65. The van der Waals surface area contributed by atoms with E-state index in [4.69, 9.17) is 4.74 Å². The van der Waals surface area contributed by atoms with E-state index in [-0.39, 0.29) is 0 Å². The number of aryl methyl sites for hydroxylation is 2. The van der Waals surface area contributed by atoms with Gasteiger partial charge in [-0.25, -0.2) is 13.2 Å². The highest BCUT2D eigenvalue weighted by Crippen LogP contribution is 2.35. The molecule has 3 aromatic carbocycles. The number of aromatic nitrogens is 1. The van der Waals surface area contributed by atoms with Crippen molar-refractivity contribution in [3.05, 3.63) is 82.8 Å². The third-order valence-electron chi connectivity index (χ3n) is 5.38. The third kappa shape index (κ3) is 4.16. The van der Waals surface area contributed by atoms with Crippen LogP contribution in [0.1, 0.15) is 11.1 Å². The van der Waals surface area contributed by atoms with Gasteiger partial charge in [-0.15, -0.1) is 0 Å². The van der Waals surface area contributed by atoms with Gasteiger partial charge in [0.2, 0.25) is 34.8 Å². The number of hydrogen-bond acceptors (Lipinski definition) is 5. The van der Waals surface area contributed by atoms with E-state index < -0.39 is 49.8 Å². The zero-order valence-electron chi connectivity index (χ0n) is 18.4. The number of hydrogen-bond donors (Lipinski definition) is 0. The third-order valence-corrected chi connectivity index (χ3v) is 6.60. The van der Waals surface area contributed by atoms with E-state index in [0.29, 0.717) is 22.2 Å². The van der Waals surface area contributed by atoms with Gasteiger partial charge in [0.1, 0.15) is 10.6 Å². The van der Waals surface area contributed by atoms with Crippen LogP contribution in [0, 0.1) is 42.9 Å². The van der Waals surface area contributed by atoms with E-state index in [0.717, 1.165) is 28.8 Å². The topological polar surface area (TPSA) is 65.5 Å². The van der Waals surface area contributed by atoms with Crippen molar-refractivity contribution in [1.29, 1.82) is 0 Å². The fraction of sp³-hybridized carbons (Fsp3) is 0.125. The summed E-state index contributed by atoms with van der Waals surface area (Å²) < 4.78 is 103. The lowest BCUT2D eigenvalue weighted by Gasteiger charge is -2.14. The maximum atomic E-state index is 13.9. The molecule has 0 aliphatic rings. The van der Waals surface area contributed by atoms with E-state index in [1.807, 2.05) is 19.9 Å². The van der Waals surface area contributed by atoms with Crippen LogP contribution in [-0.4, -0.2) is 20.5 Å². The average Bonchev–Trinajstić information content (AvgIpc) is 2.84. The molecule has 0 spiro atoms. The van der Waals surface area contributed by atoms with Gasteiger partial charge in [-0.05, 0) is 54.6 Å². The zero-order chi connectivity index (χ0) is 25.7. The van der Waals surface area contributed by atoms with Gasteiger partial charge in [0.25, 0.3) is 0 Å². The Hall–Kier alpha value is -3.73. The standard InChI is InChI=1S/C24H16F5NO4S/c1-11-8-12(2)17(33-3)10-16(11)23-15-5-4-14(9-13(15)6-7-30-23)35(31,32)34-24-21(28)19(26)18(25)20(27)22(24)29/h4-10H,1-3H3. The first kappa shape index (κ1) is 24.4. The second kappa shape index (κ2) is 8.81. The predicted molar refractivity (Wildman–Crippen MR) is 117 cm³/mol. The van der Waals surface area contributed by atoms with Gasteiger partial charge in [-0.1, -0.05) is 12.1 Å². The fourth-order valence-corrected chi connectivity index (χ4v) is 4.62. The zero-order valence-corrected chi connectivity index (χ0v) is 19.2. The maximum absolute atomic E-state index is 13.9. The lowest BCUT2D eigenvalue weighted by Crippen LogP contribution is -2.14. The van der Waals surface area contributed by atoms with E-state index in [2.05, 4.69) is 9.17 Å². The Morgan fingerprint density at radius 2 is 1.43 bits per heavy atom. The van der Waals surface area contributed by atoms with E-state index in [1.54, 1.807) is 6.07 Å². The van der Waals surface area contributed by atoms with Crippen LogP contribution >= 0.6 is 0 Å².